The first kappa shape index (κ1) is 14.4. The first-order valence-electron chi connectivity index (χ1n) is 8.16. The molecule has 1 aromatic rings. The predicted molar refractivity (Wildman–Crippen MR) is 81.4 cm³/mol. The summed E-state index contributed by atoms with van der Waals surface area (Å²) in [6, 6.07) is 10.1. The van der Waals surface area contributed by atoms with Gasteiger partial charge >= 0.3 is 0 Å². The van der Waals surface area contributed by atoms with Gasteiger partial charge in [-0.3, -0.25) is 0 Å². The maximum absolute atomic E-state index is 6.26. The molecule has 2 saturated heterocycles. The Morgan fingerprint density at radius 1 is 0.909 bits per heavy atom. The van der Waals surface area contributed by atoms with Crippen molar-refractivity contribution in [3.05, 3.63) is 48.0 Å². The van der Waals surface area contributed by atoms with Crippen LogP contribution in [-0.2, 0) is 18.9 Å². The van der Waals surface area contributed by atoms with Crippen molar-refractivity contribution in [2.24, 2.45) is 0 Å². The number of hydrogen-bond donors (Lipinski definition) is 0. The molecule has 0 unspecified atom stereocenters. The van der Waals surface area contributed by atoms with E-state index in [1.54, 1.807) is 0 Å². The van der Waals surface area contributed by atoms with Crippen LogP contribution in [0.15, 0.2) is 42.5 Å². The fourth-order valence-corrected chi connectivity index (χ4v) is 3.37. The van der Waals surface area contributed by atoms with Crippen molar-refractivity contribution in [3.63, 3.8) is 0 Å². The highest BCUT2D eigenvalue weighted by Crippen LogP contribution is 2.32. The lowest BCUT2D eigenvalue weighted by molar-refractivity contribution is -0.280. The van der Waals surface area contributed by atoms with Crippen molar-refractivity contribution in [2.45, 2.75) is 50.0 Å². The van der Waals surface area contributed by atoms with Crippen molar-refractivity contribution in [1.82, 2.24) is 0 Å². The normalized spacial score (nSPS) is 39.9. The van der Waals surface area contributed by atoms with Crippen molar-refractivity contribution in [3.8, 4) is 0 Å². The summed E-state index contributed by atoms with van der Waals surface area (Å²) in [6.45, 7) is 1.40. The average molecular weight is 302 g/mol. The minimum Gasteiger partial charge on any atom is -0.371 e. The molecule has 3 aliphatic rings. The molecule has 4 heteroatoms. The van der Waals surface area contributed by atoms with Crippen LogP contribution >= 0.6 is 0 Å². The third-order valence-corrected chi connectivity index (χ3v) is 4.55. The molecule has 1 aromatic carbocycles. The van der Waals surface area contributed by atoms with E-state index in [0.717, 1.165) is 31.4 Å². The molecule has 4 nitrogen and oxygen atoms in total. The van der Waals surface area contributed by atoms with Gasteiger partial charge in [-0.15, -0.1) is 0 Å². The van der Waals surface area contributed by atoms with E-state index in [2.05, 4.69) is 12.2 Å². The largest absolute Gasteiger partial charge is 0.371 e. The van der Waals surface area contributed by atoms with Gasteiger partial charge in [0.2, 0.25) is 0 Å². The van der Waals surface area contributed by atoms with Crippen LogP contribution in [-0.4, -0.2) is 37.6 Å². The lowest BCUT2D eigenvalue weighted by atomic mass is 10.00. The van der Waals surface area contributed by atoms with Crippen LogP contribution < -0.4 is 0 Å². The highest BCUT2D eigenvalue weighted by molar-refractivity contribution is 5.16. The topological polar surface area (TPSA) is 36.9 Å². The summed E-state index contributed by atoms with van der Waals surface area (Å²) in [7, 11) is 0. The third-order valence-electron chi connectivity index (χ3n) is 4.55. The molecule has 2 fully saturated rings. The van der Waals surface area contributed by atoms with Gasteiger partial charge in [0.1, 0.15) is 12.2 Å². The molecule has 0 aromatic heterocycles. The molecule has 0 amide bonds. The number of ether oxygens (including phenoxy) is 4. The van der Waals surface area contributed by atoms with Gasteiger partial charge in [0.05, 0.1) is 18.8 Å². The first-order chi connectivity index (χ1) is 10.9. The van der Waals surface area contributed by atoms with E-state index in [9.17, 15) is 0 Å². The summed E-state index contributed by atoms with van der Waals surface area (Å²) < 4.78 is 24.1. The van der Waals surface area contributed by atoms with Gasteiger partial charge < -0.3 is 18.9 Å². The minimum absolute atomic E-state index is 0.0147. The van der Waals surface area contributed by atoms with Crippen LogP contribution in [0.2, 0.25) is 0 Å². The summed E-state index contributed by atoms with van der Waals surface area (Å²) in [5, 5.41) is 0. The van der Waals surface area contributed by atoms with Gasteiger partial charge in [0.25, 0.3) is 0 Å². The van der Waals surface area contributed by atoms with Crippen molar-refractivity contribution >= 4 is 0 Å². The maximum atomic E-state index is 6.26. The first-order valence-corrected chi connectivity index (χ1v) is 8.16. The van der Waals surface area contributed by atoms with Gasteiger partial charge in [-0.25, -0.2) is 0 Å². The van der Waals surface area contributed by atoms with E-state index in [0.29, 0.717) is 6.61 Å². The van der Waals surface area contributed by atoms with E-state index in [4.69, 9.17) is 18.9 Å². The fraction of sp³-hybridized carbons (Fsp3) is 0.556. The van der Waals surface area contributed by atoms with E-state index in [-0.39, 0.29) is 30.7 Å². The standard InChI is InChI=1S/C18H22O4/c1-2-6-13(7-3-1)18-20-12-17-16(22-18)9-4-8-14-15(21-17)10-5-11-19-14/h1-4,6-8,14-18H,5,9-12H2/b8-4-/t14-,15+,16+,17-,18-/m1/s1. The Balaban J connectivity index is 1.48. The van der Waals surface area contributed by atoms with Crippen LogP contribution in [0.3, 0.4) is 0 Å². The predicted octanol–water partition coefficient (Wildman–Crippen LogP) is 2.99. The number of rotatable bonds is 1. The van der Waals surface area contributed by atoms with Crippen LogP contribution in [0.4, 0.5) is 0 Å². The Kier molecular flexibility index (Phi) is 4.26. The molecule has 3 heterocycles. The summed E-state index contributed by atoms with van der Waals surface area (Å²) in [5.41, 5.74) is 1.06. The van der Waals surface area contributed by atoms with Crippen LogP contribution in [0, 0.1) is 0 Å². The van der Waals surface area contributed by atoms with Gasteiger partial charge in [-0.2, -0.15) is 0 Å². The molecule has 0 radical (unpaired) electrons. The lowest BCUT2D eigenvalue weighted by Gasteiger charge is -2.41. The minimum atomic E-state index is -0.294. The second kappa shape index (κ2) is 6.50. The van der Waals surface area contributed by atoms with E-state index in [1.807, 2.05) is 30.3 Å². The quantitative estimate of drug-likeness (QED) is 0.747. The molecule has 4 rings (SSSR count). The molecule has 3 aliphatic heterocycles. The SMILES string of the molecule is C1=C\[C@H]2OCCC[C@@H]2O[C@@H]2CO[C@@H](c3ccccc3)O[C@H]2C/1. The Bertz CT molecular complexity index is 515. The van der Waals surface area contributed by atoms with Crippen LogP contribution in [0.5, 0.6) is 0 Å². The number of benzene rings is 1. The van der Waals surface area contributed by atoms with Crippen molar-refractivity contribution in [1.29, 1.82) is 0 Å². The Morgan fingerprint density at radius 3 is 2.73 bits per heavy atom. The van der Waals surface area contributed by atoms with Crippen molar-refractivity contribution in [2.75, 3.05) is 13.2 Å². The number of fused-ring (bicyclic) bond motifs is 2. The average Bonchev–Trinajstić information content (AvgIpc) is 2.56. The summed E-state index contributed by atoms with van der Waals surface area (Å²) in [4.78, 5) is 0. The van der Waals surface area contributed by atoms with Gasteiger partial charge in [-0.05, 0) is 19.3 Å². The van der Waals surface area contributed by atoms with Crippen LogP contribution in [0.1, 0.15) is 31.1 Å². The summed E-state index contributed by atoms with van der Waals surface area (Å²) in [6.07, 6.45) is 7.19. The zero-order chi connectivity index (χ0) is 14.8. The van der Waals surface area contributed by atoms with Crippen LogP contribution in [0.25, 0.3) is 0 Å². The van der Waals surface area contributed by atoms with E-state index < -0.39 is 0 Å². The van der Waals surface area contributed by atoms with E-state index in [1.165, 1.54) is 0 Å². The molecule has 22 heavy (non-hydrogen) atoms. The number of hydrogen-bond acceptors (Lipinski definition) is 4. The molecule has 5 atom stereocenters. The summed E-state index contributed by atoms with van der Waals surface area (Å²) in [5.74, 6) is 0. The lowest BCUT2D eigenvalue weighted by Crippen LogP contribution is -2.48. The molecule has 0 saturated carbocycles. The molecule has 0 N–H and O–H groups in total. The molecular weight excluding hydrogens is 280 g/mol. The highest BCUT2D eigenvalue weighted by Gasteiger charge is 2.37. The van der Waals surface area contributed by atoms with Gasteiger partial charge in [-0.1, -0.05) is 42.5 Å². The van der Waals surface area contributed by atoms with Crippen molar-refractivity contribution < 1.29 is 18.9 Å². The third kappa shape index (κ3) is 2.97. The monoisotopic (exact) mass is 302 g/mol. The van der Waals surface area contributed by atoms with E-state index >= 15 is 0 Å². The Morgan fingerprint density at radius 2 is 1.82 bits per heavy atom. The molecule has 0 bridgehead atoms. The summed E-state index contributed by atoms with van der Waals surface area (Å²) >= 11 is 0. The maximum Gasteiger partial charge on any atom is 0.184 e. The highest BCUT2D eigenvalue weighted by atomic mass is 16.7. The van der Waals surface area contributed by atoms with Gasteiger partial charge in [0, 0.05) is 12.2 Å². The second-order valence-corrected chi connectivity index (χ2v) is 6.10. The molecule has 118 valence electrons. The second-order valence-electron chi connectivity index (χ2n) is 6.10. The molecule has 0 spiro atoms. The smallest absolute Gasteiger partial charge is 0.184 e. The fourth-order valence-electron chi connectivity index (χ4n) is 3.37. The zero-order valence-corrected chi connectivity index (χ0v) is 12.6. The molecular formula is C18H22O4. The van der Waals surface area contributed by atoms with Gasteiger partial charge in [0.15, 0.2) is 6.29 Å². The molecule has 0 aliphatic carbocycles. The zero-order valence-electron chi connectivity index (χ0n) is 12.6. The Hall–Kier alpha value is -1.20. The Labute approximate surface area is 131 Å².